The van der Waals surface area contributed by atoms with Gasteiger partial charge in [0.25, 0.3) is 0 Å². The van der Waals surface area contributed by atoms with Crippen molar-refractivity contribution in [2.45, 2.75) is 25.3 Å². The summed E-state index contributed by atoms with van der Waals surface area (Å²) in [5.74, 6) is -1.54. The molecule has 2 aliphatic heterocycles. The SMILES string of the molecule is Cc1ccc2c(c1)[C@@](c1ccccc1)([C@@H]1CC(=O)N(Cc3ccccc3)C1=O)C(=O)O2. The first-order valence-corrected chi connectivity index (χ1v) is 10.3. The molecule has 0 radical (unpaired) electrons. The van der Waals surface area contributed by atoms with E-state index in [1.165, 1.54) is 4.90 Å². The molecule has 2 heterocycles. The number of rotatable bonds is 4. The van der Waals surface area contributed by atoms with Crippen LogP contribution in [0.1, 0.15) is 28.7 Å². The van der Waals surface area contributed by atoms with E-state index >= 15 is 0 Å². The van der Waals surface area contributed by atoms with E-state index in [9.17, 15) is 14.4 Å². The van der Waals surface area contributed by atoms with E-state index in [1.807, 2.05) is 79.7 Å². The van der Waals surface area contributed by atoms with Gasteiger partial charge >= 0.3 is 5.97 Å². The van der Waals surface area contributed by atoms with Crippen LogP contribution in [0.2, 0.25) is 0 Å². The Morgan fingerprint density at radius 3 is 2.32 bits per heavy atom. The van der Waals surface area contributed by atoms with Gasteiger partial charge in [0.05, 0.1) is 12.5 Å². The van der Waals surface area contributed by atoms with E-state index in [0.29, 0.717) is 16.9 Å². The van der Waals surface area contributed by atoms with Crippen LogP contribution in [0.5, 0.6) is 5.75 Å². The standard InChI is InChI=1S/C26H21NO4/c1-17-12-13-22-20(14-17)26(25(30)31-22,19-10-6-3-7-11-19)21-15-23(28)27(24(21)29)16-18-8-4-2-5-9-18/h2-14,21H,15-16H2,1H3/t21-,26+/m1/s1. The van der Waals surface area contributed by atoms with Crippen LogP contribution in [0, 0.1) is 12.8 Å². The first kappa shape index (κ1) is 19.2. The number of amides is 2. The molecule has 1 saturated heterocycles. The largest absolute Gasteiger partial charge is 0.425 e. The van der Waals surface area contributed by atoms with Gasteiger partial charge in [-0.1, -0.05) is 78.4 Å². The number of carbonyl (C=O) groups excluding carboxylic acids is 3. The van der Waals surface area contributed by atoms with Gasteiger partial charge in [0, 0.05) is 12.0 Å². The van der Waals surface area contributed by atoms with Crippen LogP contribution in [-0.4, -0.2) is 22.7 Å². The second-order valence-electron chi connectivity index (χ2n) is 8.12. The minimum Gasteiger partial charge on any atom is -0.425 e. The Morgan fingerprint density at radius 1 is 0.935 bits per heavy atom. The van der Waals surface area contributed by atoms with E-state index < -0.39 is 17.3 Å². The zero-order chi connectivity index (χ0) is 21.6. The smallest absolute Gasteiger partial charge is 0.327 e. The lowest BCUT2D eigenvalue weighted by Gasteiger charge is -2.31. The van der Waals surface area contributed by atoms with Crippen LogP contribution in [0.15, 0.2) is 78.9 Å². The molecule has 5 nitrogen and oxygen atoms in total. The predicted octanol–water partition coefficient (Wildman–Crippen LogP) is 3.78. The monoisotopic (exact) mass is 411 g/mol. The van der Waals surface area contributed by atoms with Crippen molar-refractivity contribution < 1.29 is 19.1 Å². The fourth-order valence-corrected chi connectivity index (χ4v) is 4.79. The topological polar surface area (TPSA) is 63.7 Å². The van der Waals surface area contributed by atoms with Gasteiger partial charge in [-0.05, 0) is 24.1 Å². The number of hydrogen-bond donors (Lipinski definition) is 0. The Morgan fingerprint density at radius 2 is 1.61 bits per heavy atom. The second kappa shape index (κ2) is 7.20. The van der Waals surface area contributed by atoms with E-state index in [0.717, 1.165) is 11.1 Å². The quantitative estimate of drug-likeness (QED) is 0.372. The summed E-state index contributed by atoms with van der Waals surface area (Å²) in [7, 11) is 0. The third kappa shape index (κ3) is 2.88. The first-order valence-electron chi connectivity index (χ1n) is 10.3. The molecule has 0 aliphatic carbocycles. The van der Waals surface area contributed by atoms with E-state index in [-0.39, 0.29) is 24.8 Å². The second-order valence-corrected chi connectivity index (χ2v) is 8.12. The van der Waals surface area contributed by atoms with E-state index in [1.54, 1.807) is 6.07 Å². The van der Waals surface area contributed by atoms with Crippen molar-refractivity contribution in [3.8, 4) is 5.75 Å². The van der Waals surface area contributed by atoms with Crippen LogP contribution < -0.4 is 4.74 Å². The van der Waals surface area contributed by atoms with Gasteiger partial charge in [0.2, 0.25) is 11.8 Å². The molecule has 5 rings (SSSR count). The number of hydrogen-bond acceptors (Lipinski definition) is 4. The molecule has 0 aromatic heterocycles. The molecule has 31 heavy (non-hydrogen) atoms. The average Bonchev–Trinajstić information content (AvgIpc) is 3.23. The molecular formula is C26H21NO4. The van der Waals surface area contributed by atoms with Crippen molar-refractivity contribution in [2.24, 2.45) is 5.92 Å². The Kier molecular flexibility index (Phi) is 4.47. The summed E-state index contributed by atoms with van der Waals surface area (Å²) in [6, 6.07) is 24.1. The molecule has 0 N–H and O–H groups in total. The highest BCUT2D eigenvalue weighted by Gasteiger charge is 2.62. The number of ether oxygens (including phenoxy) is 1. The average molecular weight is 411 g/mol. The number of nitrogens with zero attached hydrogens (tertiary/aromatic N) is 1. The molecule has 154 valence electrons. The molecule has 2 aliphatic rings. The Balaban J connectivity index is 1.65. The molecule has 1 fully saturated rings. The summed E-state index contributed by atoms with van der Waals surface area (Å²) in [6.45, 7) is 2.12. The molecule has 0 spiro atoms. The summed E-state index contributed by atoms with van der Waals surface area (Å²) in [6.07, 6.45) is -0.0386. The summed E-state index contributed by atoms with van der Waals surface area (Å²) in [5.41, 5.74) is 1.79. The summed E-state index contributed by atoms with van der Waals surface area (Å²) in [4.78, 5) is 41.3. The molecule has 5 heteroatoms. The summed E-state index contributed by atoms with van der Waals surface area (Å²) >= 11 is 0. The molecule has 0 unspecified atom stereocenters. The Hall–Kier alpha value is -3.73. The lowest BCUT2D eigenvalue weighted by Crippen LogP contribution is -2.46. The highest BCUT2D eigenvalue weighted by atomic mass is 16.5. The van der Waals surface area contributed by atoms with Gasteiger partial charge in [0.15, 0.2) is 0 Å². The van der Waals surface area contributed by atoms with Crippen molar-refractivity contribution in [1.29, 1.82) is 0 Å². The van der Waals surface area contributed by atoms with Crippen LogP contribution in [0.25, 0.3) is 0 Å². The number of benzene rings is 3. The lowest BCUT2D eigenvalue weighted by atomic mass is 9.65. The third-order valence-electron chi connectivity index (χ3n) is 6.26. The zero-order valence-corrected chi connectivity index (χ0v) is 17.1. The molecule has 3 aromatic carbocycles. The van der Waals surface area contributed by atoms with Gasteiger partial charge < -0.3 is 4.74 Å². The normalized spacial score (nSPS) is 22.5. The Bertz CT molecular complexity index is 1190. The van der Waals surface area contributed by atoms with Gasteiger partial charge in [-0.15, -0.1) is 0 Å². The van der Waals surface area contributed by atoms with Crippen LogP contribution in [-0.2, 0) is 26.3 Å². The van der Waals surface area contributed by atoms with Gasteiger partial charge in [0.1, 0.15) is 11.2 Å². The van der Waals surface area contributed by atoms with Gasteiger partial charge in [-0.3, -0.25) is 19.3 Å². The minimum atomic E-state index is -1.35. The number of carbonyl (C=O) groups is 3. The van der Waals surface area contributed by atoms with Crippen molar-refractivity contribution in [3.63, 3.8) is 0 Å². The number of likely N-dealkylation sites (tertiary alicyclic amines) is 1. The number of fused-ring (bicyclic) bond motifs is 1. The maximum atomic E-state index is 13.6. The Labute approximate surface area is 180 Å². The van der Waals surface area contributed by atoms with Crippen molar-refractivity contribution >= 4 is 17.8 Å². The number of imide groups is 1. The minimum absolute atomic E-state index is 0.0386. The summed E-state index contributed by atoms with van der Waals surface area (Å²) < 4.78 is 5.66. The predicted molar refractivity (Wildman–Crippen MR) is 114 cm³/mol. The molecule has 0 saturated carbocycles. The van der Waals surface area contributed by atoms with Crippen LogP contribution in [0.4, 0.5) is 0 Å². The maximum Gasteiger partial charge on any atom is 0.327 e. The van der Waals surface area contributed by atoms with Crippen LogP contribution in [0.3, 0.4) is 0 Å². The third-order valence-corrected chi connectivity index (χ3v) is 6.26. The fraction of sp³-hybridized carbons (Fsp3) is 0.192. The maximum absolute atomic E-state index is 13.6. The van der Waals surface area contributed by atoms with E-state index in [4.69, 9.17) is 4.74 Å². The molecule has 3 aromatic rings. The zero-order valence-electron chi connectivity index (χ0n) is 17.1. The van der Waals surface area contributed by atoms with Gasteiger partial charge in [-0.2, -0.15) is 0 Å². The van der Waals surface area contributed by atoms with Crippen molar-refractivity contribution in [2.75, 3.05) is 0 Å². The van der Waals surface area contributed by atoms with Crippen LogP contribution >= 0.6 is 0 Å². The molecule has 0 bridgehead atoms. The lowest BCUT2D eigenvalue weighted by molar-refractivity contribution is -0.145. The fourth-order valence-electron chi connectivity index (χ4n) is 4.79. The summed E-state index contributed by atoms with van der Waals surface area (Å²) in [5, 5.41) is 0. The highest BCUT2D eigenvalue weighted by molar-refractivity contribution is 6.09. The first-order chi connectivity index (χ1) is 15.0. The van der Waals surface area contributed by atoms with Crippen molar-refractivity contribution in [3.05, 3.63) is 101 Å². The highest BCUT2D eigenvalue weighted by Crippen LogP contribution is 2.52. The molecule has 2 atom stereocenters. The molecular weight excluding hydrogens is 390 g/mol. The number of esters is 1. The number of aryl methyl sites for hydroxylation is 1. The molecule has 2 amide bonds. The van der Waals surface area contributed by atoms with Gasteiger partial charge in [-0.25, -0.2) is 0 Å². The van der Waals surface area contributed by atoms with E-state index in [2.05, 4.69) is 0 Å². The van der Waals surface area contributed by atoms with Crippen molar-refractivity contribution in [1.82, 2.24) is 4.90 Å².